The number of aliphatic hydroxyl groups is 1. The summed E-state index contributed by atoms with van der Waals surface area (Å²) in [5, 5.41) is 7.00. The summed E-state index contributed by atoms with van der Waals surface area (Å²) < 4.78 is 17.9. The quantitative estimate of drug-likeness (QED) is 0.724. The van der Waals surface area contributed by atoms with Gasteiger partial charge in [-0.05, 0) is 55.6 Å². The van der Waals surface area contributed by atoms with Gasteiger partial charge in [0, 0.05) is 13.5 Å². The zero-order valence-electron chi connectivity index (χ0n) is 18.5. The highest BCUT2D eigenvalue weighted by Crippen LogP contribution is 2.62. The van der Waals surface area contributed by atoms with Gasteiger partial charge in [-0.2, -0.15) is 0 Å². The average molecular weight is 395 g/mol. The lowest BCUT2D eigenvalue weighted by Crippen LogP contribution is -2.53. The molecule has 0 spiro atoms. The van der Waals surface area contributed by atoms with Gasteiger partial charge < -0.3 is 19.0 Å². The van der Waals surface area contributed by atoms with Crippen LogP contribution in [-0.2, 0) is 9.47 Å². The summed E-state index contributed by atoms with van der Waals surface area (Å²) in [6, 6.07) is 3.37. The molecular weight excluding hydrogens is 356 g/mol. The zero-order valence-corrected chi connectivity index (χ0v) is 18.5. The van der Waals surface area contributed by atoms with E-state index in [0.29, 0.717) is 17.8 Å². The molecule has 5 nitrogen and oxygen atoms in total. The van der Waals surface area contributed by atoms with Crippen LogP contribution in [0.4, 0.5) is 0 Å². The first kappa shape index (κ1) is 23.0. The molecule has 5 heteroatoms. The molecule has 1 aromatic rings. The fraction of sp³-hybridized carbons (Fsp3) is 0.783. The highest BCUT2D eigenvalue weighted by molar-refractivity contribution is 5.86. The van der Waals surface area contributed by atoms with Crippen molar-refractivity contribution in [3.05, 3.63) is 24.2 Å². The molecule has 28 heavy (non-hydrogen) atoms. The molecule has 2 saturated heterocycles. The molecule has 0 radical (unpaired) electrons. The van der Waals surface area contributed by atoms with E-state index in [-0.39, 0.29) is 29.0 Å². The summed E-state index contributed by atoms with van der Waals surface area (Å²) in [6.07, 6.45) is 5.63. The Kier molecular flexibility index (Phi) is 7.38. The van der Waals surface area contributed by atoms with Crippen LogP contribution in [0, 0.1) is 23.7 Å². The fourth-order valence-electron chi connectivity index (χ4n) is 5.55. The van der Waals surface area contributed by atoms with Crippen molar-refractivity contribution in [1.29, 1.82) is 0 Å². The van der Waals surface area contributed by atoms with Crippen molar-refractivity contribution >= 4 is 5.97 Å². The average Bonchev–Trinajstić information content (AvgIpc) is 3.39. The van der Waals surface area contributed by atoms with E-state index in [1.54, 1.807) is 12.1 Å². The number of esters is 1. The van der Waals surface area contributed by atoms with E-state index < -0.39 is 0 Å². The van der Waals surface area contributed by atoms with Crippen molar-refractivity contribution in [2.45, 2.75) is 84.5 Å². The molecule has 1 N–H and O–H groups in total. The lowest BCUT2D eigenvalue weighted by atomic mass is 9.72. The fourth-order valence-corrected chi connectivity index (χ4v) is 5.55. The Labute approximate surface area is 169 Å². The van der Waals surface area contributed by atoms with Crippen LogP contribution >= 0.6 is 0 Å². The molecule has 4 rings (SSSR count). The summed E-state index contributed by atoms with van der Waals surface area (Å²) in [7, 11) is 1.00. The van der Waals surface area contributed by atoms with Crippen molar-refractivity contribution in [3.63, 3.8) is 0 Å². The van der Waals surface area contributed by atoms with Crippen LogP contribution in [0.1, 0.15) is 77.8 Å². The summed E-state index contributed by atoms with van der Waals surface area (Å²) in [4.78, 5) is 12.5. The van der Waals surface area contributed by atoms with Gasteiger partial charge in [-0.1, -0.05) is 41.0 Å². The second kappa shape index (κ2) is 9.00. The predicted molar refractivity (Wildman–Crippen MR) is 109 cm³/mol. The summed E-state index contributed by atoms with van der Waals surface area (Å²) in [6.45, 7) is 13.0. The summed E-state index contributed by atoms with van der Waals surface area (Å²) >= 11 is 0. The predicted octanol–water partition coefficient (Wildman–Crippen LogP) is 5.08. The highest BCUT2D eigenvalue weighted by atomic mass is 16.6. The van der Waals surface area contributed by atoms with Gasteiger partial charge in [-0.15, -0.1) is 0 Å². The van der Waals surface area contributed by atoms with Gasteiger partial charge in [0.1, 0.15) is 11.7 Å². The van der Waals surface area contributed by atoms with Crippen LogP contribution < -0.4 is 0 Å². The third-order valence-electron chi connectivity index (χ3n) is 7.12. The minimum absolute atomic E-state index is 0.164. The Morgan fingerprint density at radius 1 is 1.25 bits per heavy atom. The molecule has 6 atom stereocenters. The minimum Gasteiger partial charge on any atom is -0.457 e. The lowest BCUT2D eigenvalue weighted by Gasteiger charge is -2.48. The van der Waals surface area contributed by atoms with E-state index >= 15 is 0 Å². The van der Waals surface area contributed by atoms with E-state index in [0.717, 1.165) is 25.9 Å². The van der Waals surface area contributed by atoms with E-state index in [4.69, 9.17) is 19.0 Å². The van der Waals surface area contributed by atoms with Crippen molar-refractivity contribution in [1.82, 2.24) is 0 Å². The van der Waals surface area contributed by atoms with E-state index in [1.165, 1.54) is 19.1 Å². The molecule has 0 amide bonds. The maximum atomic E-state index is 12.5. The maximum absolute atomic E-state index is 12.5. The minimum atomic E-state index is -0.375. The number of carbonyl (C=O) groups is 1. The van der Waals surface area contributed by atoms with Crippen molar-refractivity contribution in [2.24, 2.45) is 23.7 Å². The second-order valence-electron chi connectivity index (χ2n) is 8.61. The molecule has 1 aliphatic carbocycles. The van der Waals surface area contributed by atoms with Crippen LogP contribution in [-0.4, -0.2) is 35.5 Å². The molecule has 3 fully saturated rings. The Bertz CT molecular complexity index is 625. The van der Waals surface area contributed by atoms with Crippen LogP contribution in [0.3, 0.4) is 0 Å². The smallest absolute Gasteiger partial charge is 0.374 e. The zero-order chi connectivity index (χ0) is 21.1. The molecule has 3 heterocycles. The highest BCUT2D eigenvalue weighted by Gasteiger charge is 2.66. The summed E-state index contributed by atoms with van der Waals surface area (Å²) in [5.74, 6) is 2.21. The topological polar surface area (TPSA) is 68.9 Å². The normalized spacial score (nSPS) is 38.0. The Balaban J connectivity index is 0.000000660. The number of hydrogen-bond acceptors (Lipinski definition) is 5. The number of furan rings is 1. The Hall–Kier alpha value is -1.33. The van der Waals surface area contributed by atoms with E-state index in [2.05, 4.69) is 27.7 Å². The molecule has 2 bridgehead atoms. The van der Waals surface area contributed by atoms with Gasteiger partial charge in [0.15, 0.2) is 0 Å². The molecule has 6 unspecified atom stereocenters. The van der Waals surface area contributed by atoms with Gasteiger partial charge in [0.25, 0.3) is 0 Å². The lowest BCUT2D eigenvalue weighted by molar-refractivity contribution is -0.209. The van der Waals surface area contributed by atoms with Gasteiger partial charge in [0.2, 0.25) is 5.76 Å². The maximum Gasteiger partial charge on any atom is 0.374 e. The molecule has 0 aromatic carbocycles. The number of hydrogen-bond donors (Lipinski definition) is 1. The molecule has 1 aromatic heterocycles. The van der Waals surface area contributed by atoms with Gasteiger partial charge in [-0.25, -0.2) is 4.79 Å². The van der Waals surface area contributed by atoms with Crippen molar-refractivity contribution in [2.75, 3.05) is 7.11 Å². The van der Waals surface area contributed by atoms with Crippen molar-refractivity contribution in [3.8, 4) is 0 Å². The molecule has 3 aliphatic rings. The van der Waals surface area contributed by atoms with Crippen LogP contribution in [0.2, 0.25) is 0 Å². The van der Waals surface area contributed by atoms with Crippen LogP contribution in [0.25, 0.3) is 0 Å². The Morgan fingerprint density at radius 3 is 2.50 bits per heavy atom. The van der Waals surface area contributed by atoms with Crippen LogP contribution in [0.5, 0.6) is 0 Å². The SMILES string of the molecule is CC.CC1CCC2C1CC1(C(C)C)CC(OC(=O)c3ccco3)C2(C)O1.CO. The summed E-state index contributed by atoms with van der Waals surface area (Å²) in [5.41, 5.74) is -0.539. The van der Waals surface area contributed by atoms with E-state index in [1.807, 2.05) is 13.8 Å². The van der Waals surface area contributed by atoms with Crippen molar-refractivity contribution < 1.29 is 23.8 Å². The first-order valence-corrected chi connectivity index (χ1v) is 10.7. The number of aliphatic hydroxyl groups excluding tert-OH is 1. The molecule has 2 aliphatic heterocycles. The molecule has 160 valence electrons. The first-order valence-electron chi connectivity index (χ1n) is 10.7. The van der Waals surface area contributed by atoms with Gasteiger partial charge in [0.05, 0.1) is 11.9 Å². The first-order chi connectivity index (χ1) is 13.4. The van der Waals surface area contributed by atoms with Gasteiger partial charge >= 0.3 is 5.97 Å². The number of fused-ring (bicyclic) bond motifs is 4. The Morgan fingerprint density at radius 2 is 1.93 bits per heavy atom. The number of ether oxygens (including phenoxy) is 2. The number of carbonyl (C=O) groups excluding carboxylic acids is 1. The van der Waals surface area contributed by atoms with E-state index in [9.17, 15) is 4.79 Å². The largest absolute Gasteiger partial charge is 0.457 e. The third-order valence-corrected chi connectivity index (χ3v) is 7.12. The van der Waals surface area contributed by atoms with Crippen LogP contribution in [0.15, 0.2) is 22.8 Å². The monoisotopic (exact) mass is 394 g/mol. The third kappa shape index (κ3) is 3.76. The molecule has 1 saturated carbocycles. The van der Waals surface area contributed by atoms with Gasteiger partial charge in [-0.3, -0.25) is 0 Å². The standard InChI is InChI=1S/C20H28O4.C2H6.CH4O/c1-12(2)20-10-14-13(3)7-8-15(14)19(4,24-20)17(11-20)23-18(21)16-6-5-9-22-16;2*1-2/h5-6,9,12-15,17H,7-8,10-11H2,1-4H3;1-2H3;2H,1H3. The molecular formula is C23H38O5. The number of rotatable bonds is 3. The second-order valence-corrected chi connectivity index (χ2v) is 8.61.